The average Bonchev–Trinajstić information content (AvgIpc) is 2.46. The number of amides is 1. The Balaban J connectivity index is 2.18. The molecular weight excluding hydrogens is 290 g/mol. The number of nitrogens with one attached hydrogen (secondary N) is 1. The van der Waals surface area contributed by atoms with Crippen molar-refractivity contribution in [2.24, 2.45) is 5.92 Å². The summed E-state index contributed by atoms with van der Waals surface area (Å²) in [6.45, 7) is 11.9. The molecule has 23 heavy (non-hydrogen) atoms. The highest BCUT2D eigenvalue weighted by Gasteiger charge is 2.18. The van der Waals surface area contributed by atoms with E-state index in [9.17, 15) is 4.79 Å². The molecule has 0 spiro atoms. The first-order chi connectivity index (χ1) is 10.8. The molecule has 0 fully saturated rings. The summed E-state index contributed by atoms with van der Waals surface area (Å²) in [6.07, 6.45) is 1.83. The number of rotatable bonds is 10. The van der Waals surface area contributed by atoms with Gasteiger partial charge >= 0.3 is 0 Å². The van der Waals surface area contributed by atoms with Crippen LogP contribution < -0.4 is 10.1 Å². The molecule has 0 aliphatic heterocycles. The largest absolute Gasteiger partial charge is 0.484 e. The fourth-order valence-electron chi connectivity index (χ4n) is 1.98. The number of hydrogen-bond acceptors (Lipinski definition) is 3. The van der Waals surface area contributed by atoms with Crippen LogP contribution in [0.5, 0.6) is 5.75 Å². The van der Waals surface area contributed by atoms with Gasteiger partial charge in [0.15, 0.2) is 6.61 Å². The van der Waals surface area contributed by atoms with Gasteiger partial charge in [-0.2, -0.15) is 0 Å². The van der Waals surface area contributed by atoms with Crippen LogP contribution in [0.15, 0.2) is 24.3 Å². The molecule has 0 aliphatic rings. The minimum Gasteiger partial charge on any atom is -0.484 e. The van der Waals surface area contributed by atoms with Gasteiger partial charge in [0.25, 0.3) is 5.91 Å². The molecule has 0 aromatic heterocycles. The Labute approximate surface area is 140 Å². The number of aryl methyl sites for hydroxylation is 1. The Morgan fingerprint density at radius 1 is 1.22 bits per heavy atom. The molecule has 0 radical (unpaired) electrons. The predicted molar refractivity (Wildman–Crippen MR) is 93.8 cm³/mol. The van der Waals surface area contributed by atoms with Crippen molar-refractivity contribution < 1.29 is 14.3 Å². The average molecular weight is 321 g/mol. The molecule has 0 bridgehead atoms. The van der Waals surface area contributed by atoms with Crippen LogP contribution in [0.25, 0.3) is 0 Å². The predicted octanol–water partition coefficient (Wildman–Crippen LogP) is 3.72. The molecule has 4 nitrogen and oxygen atoms in total. The molecule has 0 unspecified atom stereocenters. The van der Waals surface area contributed by atoms with Crippen molar-refractivity contribution in [3.63, 3.8) is 0 Å². The van der Waals surface area contributed by atoms with Gasteiger partial charge in [-0.05, 0) is 51.7 Å². The smallest absolute Gasteiger partial charge is 0.257 e. The quantitative estimate of drug-likeness (QED) is 0.714. The van der Waals surface area contributed by atoms with Gasteiger partial charge in [-0.15, -0.1) is 0 Å². The monoisotopic (exact) mass is 321 g/mol. The van der Waals surface area contributed by atoms with Gasteiger partial charge in [0.05, 0.1) is 5.60 Å². The number of carbonyl (C=O) groups excluding carboxylic acids is 1. The van der Waals surface area contributed by atoms with Gasteiger partial charge in [-0.3, -0.25) is 4.79 Å². The van der Waals surface area contributed by atoms with Gasteiger partial charge in [0.2, 0.25) is 0 Å². The van der Waals surface area contributed by atoms with E-state index >= 15 is 0 Å². The molecule has 0 saturated carbocycles. The van der Waals surface area contributed by atoms with Crippen LogP contribution >= 0.6 is 0 Å². The standard InChI is InChI=1S/C19H31NO3/c1-15(2)10-13-23-19(4,5)11-12-20-18(21)14-22-17-8-6-16(3)7-9-17/h6-9,15H,10-14H2,1-5H3,(H,20,21). The van der Waals surface area contributed by atoms with Crippen LogP contribution in [0.1, 0.15) is 46.1 Å². The number of benzene rings is 1. The lowest BCUT2D eigenvalue weighted by atomic mass is 10.0. The summed E-state index contributed by atoms with van der Waals surface area (Å²) in [5, 5.41) is 2.88. The maximum atomic E-state index is 11.8. The summed E-state index contributed by atoms with van der Waals surface area (Å²) in [5.41, 5.74) is 0.946. The molecule has 1 N–H and O–H groups in total. The highest BCUT2D eigenvalue weighted by molar-refractivity contribution is 5.77. The topological polar surface area (TPSA) is 47.6 Å². The van der Waals surface area contributed by atoms with Gasteiger partial charge in [0.1, 0.15) is 5.75 Å². The third-order valence-corrected chi connectivity index (χ3v) is 3.63. The van der Waals surface area contributed by atoms with Gasteiger partial charge in [-0.25, -0.2) is 0 Å². The Morgan fingerprint density at radius 2 is 1.87 bits per heavy atom. The highest BCUT2D eigenvalue weighted by Crippen LogP contribution is 2.15. The summed E-state index contributed by atoms with van der Waals surface area (Å²) in [4.78, 5) is 11.8. The minimum atomic E-state index is -0.222. The fourth-order valence-corrected chi connectivity index (χ4v) is 1.98. The molecule has 4 heteroatoms. The van der Waals surface area contributed by atoms with E-state index in [1.807, 2.05) is 31.2 Å². The maximum Gasteiger partial charge on any atom is 0.257 e. The SMILES string of the molecule is Cc1ccc(OCC(=O)NCCC(C)(C)OCCC(C)C)cc1. The third-order valence-electron chi connectivity index (χ3n) is 3.63. The molecule has 0 heterocycles. The van der Waals surface area contributed by atoms with Gasteiger partial charge in [0, 0.05) is 13.2 Å². The van der Waals surface area contributed by atoms with Crippen LogP contribution in [0.4, 0.5) is 0 Å². The molecule has 1 aromatic carbocycles. The van der Waals surface area contributed by atoms with E-state index < -0.39 is 0 Å². The van der Waals surface area contributed by atoms with E-state index in [1.165, 1.54) is 5.56 Å². The van der Waals surface area contributed by atoms with Crippen LogP contribution in [0.2, 0.25) is 0 Å². The Kier molecular flexibility index (Phi) is 8.10. The Bertz CT molecular complexity index is 466. The second-order valence-corrected chi connectivity index (χ2v) is 6.99. The molecule has 1 rings (SSSR count). The van der Waals surface area contributed by atoms with Crippen molar-refractivity contribution >= 4 is 5.91 Å². The zero-order valence-corrected chi connectivity index (χ0v) is 15.1. The van der Waals surface area contributed by atoms with E-state index in [0.29, 0.717) is 18.2 Å². The van der Waals surface area contributed by atoms with Crippen molar-refractivity contribution in [3.05, 3.63) is 29.8 Å². The fraction of sp³-hybridized carbons (Fsp3) is 0.632. The van der Waals surface area contributed by atoms with Crippen LogP contribution in [-0.2, 0) is 9.53 Å². The van der Waals surface area contributed by atoms with E-state index in [0.717, 1.165) is 19.4 Å². The van der Waals surface area contributed by atoms with E-state index in [2.05, 4.69) is 33.0 Å². The summed E-state index contributed by atoms with van der Waals surface area (Å²) >= 11 is 0. The summed E-state index contributed by atoms with van der Waals surface area (Å²) in [5.74, 6) is 1.25. The number of hydrogen-bond donors (Lipinski definition) is 1. The Hall–Kier alpha value is -1.55. The lowest BCUT2D eigenvalue weighted by Crippen LogP contribution is -2.35. The van der Waals surface area contributed by atoms with Crippen molar-refractivity contribution in [1.82, 2.24) is 5.32 Å². The van der Waals surface area contributed by atoms with Crippen LogP contribution in [-0.4, -0.2) is 31.3 Å². The highest BCUT2D eigenvalue weighted by atomic mass is 16.5. The van der Waals surface area contributed by atoms with E-state index in [-0.39, 0.29) is 18.1 Å². The van der Waals surface area contributed by atoms with E-state index in [4.69, 9.17) is 9.47 Å². The third kappa shape index (κ3) is 9.24. The zero-order valence-electron chi connectivity index (χ0n) is 15.1. The van der Waals surface area contributed by atoms with Crippen molar-refractivity contribution in [3.8, 4) is 5.75 Å². The normalized spacial score (nSPS) is 11.6. The van der Waals surface area contributed by atoms with Gasteiger partial charge in [-0.1, -0.05) is 31.5 Å². The molecule has 0 aliphatic carbocycles. The molecular formula is C19H31NO3. The minimum absolute atomic E-state index is 0.0394. The first-order valence-corrected chi connectivity index (χ1v) is 8.38. The summed E-state index contributed by atoms with van der Waals surface area (Å²) in [7, 11) is 0. The molecule has 0 saturated heterocycles. The molecule has 1 aromatic rings. The van der Waals surface area contributed by atoms with Crippen molar-refractivity contribution in [2.45, 2.75) is 53.1 Å². The molecule has 0 atom stereocenters. The summed E-state index contributed by atoms with van der Waals surface area (Å²) in [6, 6.07) is 7.66. The lowest BCUT2D eigenvalue weighted by molar-refractivity contribution is -0.123. The molecule has 1 amide bonds. The van der Waals surface area contributed by atoms with Crippen molar-refractivity contribution in [1.29, 1.82) is 0 Å². The lowest BCUT2D eigenvalue weighted by Gasteiger charge is -2.26. The Morgan fingerprint density at radius 3 is 2.48 bits per heavy atom. The zero-order chi connectivity index (χ0) is 17.3. The first kappa shape index (κ1) is 19.5. The number of carbonyl (C=O) groups is 1. The van der Waals surface area contributed by atoms with E-state index in [1.54, 1.807) is 0 Å². The van der Waals surface area contributed by atoms with Gasteiger partial charge < -0.3 is 14.8 Å². The first-order valence-electron chi connectivity index (χ1n) is 8.38. The van der Waals surface area contributed by atoms with Crippen LogP contribution in [0, 0.1) is 12.8 Å². The molecule has 130 valence electrons. The number of ether oxygens (including phenoxy) is 2. The maximum absolute atomic E-state index is 11.8. The summed E-state index contributed by atoms with van der Waals surface area (Å²) < 4.78 is 11.3. The van der Waals surface area contributed by atoms with Crippen molar-refractivity contribution in [2.75, 3.05) is 19.8 Å². The van der Waals surface area contributed by atoms with Crippen LogP contribution in [0.3, 0.4) is 0 Å². The second kappa shape index (κ2) is 9.56. The second-order valence-electron chi connectivity index (χ2n) is 6.99.